The Balaban J connectivity index is 0.000000383. The SMILES string of the molecule is O=C(NCC1CN(Cc2nccs2)Cc2ccnn2C1)c1ccnnc1.O=C(O)C(F)(F)F. The lowest BCUT2D eigenvalue weighted by molar-refractivity contribution is -0.192. The smallest absolute Gasteiger partial charge is 0.475 e. The van der Waals surface area contributed by atoms with Crippen molar-refractivity contribution in [3.63, 3.8) is 0 Å². The van der Waals surface area contributed by atoms with Crippen molar-refractivity contribution < 1.29 is 27.9 Å². The van der Waals surface area contributed by atoms with E-state index in [1.165, 1.54) is 18.1 Å². The van der Waals surface area contributed by atoms with E-state index in [4.69, 9.17) is 9.90 Å². The molecule has 0 radical (unpaired) electrons. The molecule has 10 nitrogen and oxygen atoms in total. The number of nitrogens with zero attached hydrogens (tertiary/aromatic N) is 6. The molecule has 1 aliphatic rings. The van der Waals surface area contributed by atoms with Gasteiger partial charge < -0.3 is 10.4 Å². The average Bonchev–Trinajstić information content (AvgIpc) is 3.41. The number of hydrogen-bond donors (Lipinski definition) is 2. The highest BCUT2D eigenvalue weighted by Crippen LogP contribution is 2.19. The second kappa shape index (κ2) is 11.0. The molecular weight excluding hydrogens is 463 g/mol. The molecule has 14 heteroatoms. The number of alkyl halides is 3. The van der Waals surface area contributed by atoms with Crippen LogP contribution in [0, 0.1) is 5.92 Å². The highest BCUT2D eigenvalue weighted by molar-refractivity contribution is 7.09. The number of hydrogen-bond acceptors (Lipinski definition) is 8. The van der Waals surface area contributed by atoms with Gasteiger partial charge in [0.05, 0.1) is 30.2 Å². The standard InChI is InChI=1S/C17H19N7OS.C2HF3O2/c25-17(14-1-3-20-21-8-14)19-7-13-9-23(12-16-18-5-6-26-16)11-15-2-4-22-24(15)10-13;3-2(4,5)1(6)7/h1-6,8,13H,7,9-12H2,(H,19,25);(H,6,7). The Hall–Kier alpha value is -3.39. The van der Waals surface area contributed by atoms with Crippen molar-refractivity contribution in [3.8, 4) is 0 Å². The molecule has 33 heavy (non-hydrogen) atoms. The van der Waals surface area contributed by atoms with Crippen LogP contribution in [0.25, 0.3) is 0 Å². The predicted molar refractivity (Wildman–Crippen MR) is 110 cm³/mol. The zero-order chi connectivity index (χ0) is 23.8. The van der Waals surface area contributed by atoms with Gasteiger partial charge in [-0.15, -0.1) is 11.3 Å². The maximum atomic E-state index is 12.3. The summed E-state index contributed by atoms with van der Waals surface area (Å²) in [5, 5.41) is 25.1. The van der Waals surface area contributed by atoms with E-state index in [9.17, 15) is 18.0 Å². The predicted octanol–water partition coefficient (Wildman–Crippen LogP) is 1.82. The zero-order valence-electron chi connectivity index (χ0n) is 17.1. The van der Waals surface area contributed by atoms with Gasteiger partial charge in [0.1, 0.15) is 5.01 Å². The summed E-state index contributed by atoms with van der Waals surface area (Å²) in [5.41, 5.74) is 1.71. The van der Waals surface area contributed by atoms with Crippen LogP contribution in [0.4, 0.5) is 13.2 Å². The van der Waals surface area contributed by atoms with Gasteiger partial charge in [0.2, 0.25) is 0 Å². The van der Waals surface area contributed by atoms with Gasteiger partial charge in [-0.1, -0.05) is 0 Å². The lowest BCUT2D eigenvalue weighted by Crippen LogP contribution is -2.36. The van der Waals surface area contributed by atoms with Crippen molar-refractivity contribution in [1.82, 2.24) is 35.2 Å². The van der Waals surface area contributed by atoms with Crippen molar-refractivity contribution in [3.05, 3.63) is 58.6 Å². The van der Waals surface area contributed by atoms with Gasteiger partial charge >= 0.3 is 12.1 Å². The summed E-state index contributed by atoms with van der Waals surface area (Å²) in [6, 6.07) is 3.72. The monoisotopic (exact) mass is 483 g/mol. The van der Waals surface area contributed by atoms with Crippen LogP contribution < -0.4 is 5.32 Å². The first-order valence-electron chi connectivity index (χ1n) is 9.68. The first-order valence-corrected chi connectivity index (χ1v) is 10.6. The molecule has 0 spiro atoms. The lowest BCUT2D eigenvalue weighted by atomic mass is 10.1. The Bertz CT molecular complexity index is 1040. The molecule has 1 atom stereocenters. The number of fused-ring (bicyclic) bond motifs is 1. The molecule has 0 fully saturated rings. The molecule has 1 amide bonds. The Morgan fingerprint density at radius 2 is 1.97 bits per heavy atom. The normalized spacial score (nSPS) is 16.2. The number of nitrogens with one attached hydrogen (secondary N) is 1. The van der Waals surface area contributed by atoms with E-state index >= 15 is 0 Å². The summed E-state index contributed by atoms with van der Waals surface area (Å²) in [6.07, 6.45) is 1.58. The molecule has 2 N–H and O–H groups in total. The summed E-state index contributed by atoms with van der Waals surface area (Å²) < 4.78 is 33.8. The van der Waals surface area contributed by atoms with Crippen LogP contribution in [0.3, 0.4) is 0 Å². The second-order valence-electron chi connectivity index (χ2n) is 7.11. The molecule has 176 valence electrons. The first kappa shape index (κ1) is 24.3. The van der Waals surface area contributed by atoms with E-state index in [0.29, 0.717) is 12.1 Å². The summed E-state index contributed by atoms with van der Waals surface area (Å²) in [7, 11) is 0. The molecule has 1 unspecified atom stereocenters. The third kappa shape index (κ3) is 7.32. The van der Waals surface area contributed by atoms with Crippen LogP contribution in [-0.4, -0.2) is 66.1 Å². The van der Waals surface area contributed by atoms with Crippen molar-refractivity contribution in [1.29, 1.82) is 0 Å². The van der Waals surface area contributed by atoms with Crippen molar-refractivity contribution in [2.75, 3.05) is 13.1 Å². The minimum absolute atomic E-state index is 0.128. The number of carbonyl (C=O) groups excluding carboxylic acids is 1. The minimum atomic E-state index is -5.08. The quantitative estimate of drug-likeness (QED) is 0.563. The van der Waals surface area contributed by atoms with Crippen LogP contribution in [0.5, 0.6) is 0 Å². The number of thiazole rings is 1. The van der Waals surface area contributed by atoms with E-state index in [2.05, 4.69) is 36.6 Å². The Morgan fingerprint density at radius 1 is 1.18 bits per heavy atom. The van der Waals surface area contributed by atoms with Crippen LogP contribution >= 0.6 is 11.3 Å². The molecule has 3 aromatic heterocycles. The van der Waals surface area contributed by atoms with Crippen molar-refractivity contribution in [2.24, 2.45) is 5.92 Å². The highest BCUT2D eigenvalue weighted by Gasteiger charge is 2.38. The number of halogens is 3. The highest BCUT2D eigenvalue weighted by atomic mass is 32.1. The largest absolute Gasteiger partial charge is 0.490 e. The summed E-state index contributed by atoms with van der Waals surface area (Å²) >= 11 is 1.67. The summed E-state index contributed by atoms with van der Waals surface area (Å²) in [4.78, 5) is 27.9. The van der Waals surface area contributed by atoms with Gasteiger partial charge in [0.25, 0.3) is 5.91 Å². The van der Waals surface area contributed by atoms with E-state index in [1.807, 2.05) is 22.5 Å². The first-order chi connectivity index (χ1) is 15.7. The van der Waals surface area contributed by atoms with Gasteiger partial charge in [-0.05, 0) is 12.1 Å². The molecule has 4 heterocycles. The van der Waals surface area contributed by atoms with Crippen molar-refractivity contribution >= 4 is 23.2 Å². The van der Waals surface area contributed by atoms with Gasteiger partial charge in [0, 0.05) is 49.9 Å². The summed E-state index contributed by atoms with van der Waals surface area (Å²) in [6.45, 7) is 3.87. The Morgan fingerprint density at radius 3 is 2.61 bits per heavy atom. The van der Waals surface area contributed by atoms with Crippen LogP contribution in [-0.2, 0) is 24.4 Å². The van der Waals surface area contributed by atoms with Gasteiger partial charge in [0.15, 0.2) is 0 Å². The van der Waals surface area contributed by atoms with E-state index in [0.717, 1.165) is 31.2 Å². The third-order valence-electron chi connectivity index (χ3n) is 4.62. The Kier molecular flexibility index (Phi) is 8.06. The van der Waals surface area contributed by atoms with Gasteiger partial charge in [-0.2, -0.15) is 28.5 Å². The number of rotatable bonds is 5. The molecule has 0 saturated heterocycles. The number of amides is 1. The summed E-state index contributed by atoms with van der Waals surface area (Å²) in [5.74, 6) is -2.63. The maximum Gasteiger partial charge on any atom is 0.490 e. The molecule has 1 aliphatic heterocycles. The van der Waals surface area contributed by atoms with Crippen LogP contribution in [0.1, 0.15) is 21.1 Å². The van der Waals surface area contributed by atoms with E-state index < -0.39 is 12.1 Å². The Labute approximate surface area is 190 Å². The van der Waals surface area contributed by atoms with Crippen molar-refractivity contribution in [2.45, 2.75) is 25.8 Å². The number of carbonyl (C=O) groups is 2. The average molecular weight is 483 g/mol. The molecule has 0 aromatic carbocycles. The van der Waals surface area contributed by atoms with Gasteiger partial charge in [-0.25, -0.2) is 9.78 Å². The molecule has 0 aliphatic carbocycles. The number of aromatic nitrogens is 5. The topological polar surface area (TPSA) is 126 Å². The molecular formula is C19H20F3N7O3S. The number of carboxylic acid groups (broad SMARTS) is 1. The lowest BCUT2D eigenvalue weighted by Gasteiger charge is -2.23. The minimum Gasteiger partial charge on any atom is -0.475 e. The van der Waals surface area contributed by atoms with E-state index in [1.54, 1.807) is 17.4 Å². The second-order valence-corrected chi connectivity index (χ2v) is 8.09. The van der Waals surface area contributed by atoms with Gasteiger partial charge in [-0.3, -0.25) is 14.4 Å². The molecule has 0 bridgehead atoms. The number of aliphatic carboxylic acids is 1. The third-order valence-corrected chi connectivity index (χ3v) is 5.38. The van der Waals surface area contributed by atoms with Crippen LogP contribution in [0.2, 0.25) is 0 Å². The number of carboxylic acids is 1. The zero-order valence-corrected chi connectivity index (χ0v) is 18.0. The van der Waals surface area contributed by atoms with Crippen LogP contribution in [0.15, 0.2) is 42.3 Å². The molecule has 4 rings (SSSR count). The fourth-order valence-corrected chi connectivity index (χ4v) is 3.81. The maximum absolute atomic E-state index is 12.3. The molecule has 0 saturated carbocycles. The fraction of sp³-hybridized carbons (Fsp3) is 0.368. The fourth-order valence-electron chi connectivity index (χ4n) is 3.16. The van der Waals surface area contributed by atoms with E-state index in [-0.39, 0.29) is 11.8 Å². The molecule has 3 aromatic rings.